The summed E-state index contributed by atoms with van der Waals surface area (Å²) in [6.07, 6.45) is -4.38. The van der Waals surface area contributed by atoms with Crippen LogP contribution in [0, 0.1) is 0 Å². The molecule has 0 radical (unpaired) electrons. The predicted octanol–water partition coefficient (Wildman–Crippen LogP) is 2.27. The molecule has 0 bridgehead atoms. The first kappa shape index (κ1) is 15.5. The molecule has 0 saturated carbocycles. The Balaban J connectivity index is 2.93. The Morgan fingerprint density at radius 3 is 2.42 bits per heavy atom. The fourth-order valence-corrected chi connectivity index (χ4v) is 1.86. The maximum Gasteiger partial charge on any atom is 0.416 e. The van der Waals surface area contributed by atoms with Gasteiger partial charge in [0.25, 0.3) is 0 Å². The summed E-state index contributed by atoms with van der Waals surface area (Å²) >= 11 is 0. The van der Waals surface area contributed by atoms with Gasteiger partial charge in [0.15, 0.2) is 0 Å². The number of alkyl halides is 3. The molecule has 0 aliphatic carbocycles. The highest BCUT2D eigenvalue weighted by atomic mass is 19.4. The van der Waals surface area contributed by atoms with Crippen molar-refractivity contribution >= 4 is 5.91 Å². The van der Waals surface area contributed by atoms with E-state index in [1.165, 1.54) is 12.1 Å². The van der Waals surface area contributed by atoms with E-state index >= 15 is 0 Å². The van der Waals surface area contributed by atoms with E-state index in [1.807, 2.05) is 0 Å². The number of hydrogen-bond acceptors (Lipinski definition) is 2. The molecule has 106 valence electrons. The fourth-order valence-electron chi connectivity index (χ4n) is 1.86. The minimum atomic E-state index is -4.38. The lowest BCUT2D eigenvalue weighted by Gasteiger charge is -2.24. The molecule has 1 aromatic rings. The van der Waals surface area contributed by atoms with E-state index in [0.29, 0.717) is 0 Å². The van der Waals surface area contributed by atoms with E-state index in [-0.39, 0.29) is 18.2 Å². The highest BCUT2D eigenvalue weighted by molar-refractivity contribution is 5.75. The van der Waals surface area contributed by atoms with Gasteiger partial charge >= 0.3 is 6.18 Å². The average molecular weight is 274 g/mol. The van der Waals surface area contributed by atoms with Gasteiger partial charge in [-0.1, -0.05) is 25.1 Å². The number of rotatable bonds is 5. The summed E-state index contributed by atoms with van der Waals surface area (Å²) in [7, 11) is 0. The van der Waals surface area contributed by atoms with E-state index in [2.05, 4.69) is 5.32 Å². The van der Waals surface area contributed by atoms with Gasteiger partial charge in [0, 0.05) is 6.04 Å². The quantitative estimate of drug-likeness (QED) is 0.865. The molecule has 1 rings (SSSR count). The number of carbonyl (C=O) groups is 1. The second-order valence-corrected chi connectivity index (χ2v) is 4.51. The molecule has 0 unspecified atom stereocenters. The summed E-state index contributed by atoms with van der Waals surface area (Å²) in [4.78, 5) is 10.7. The second kappa shape index (κ2) is 6.06. The average Bonchev–Trinajstić information content (AvgIpc) is 2.34. The molecule has 6 heteroatoms. The summed E-state index contributed by atoms with van der Waals surface area (Å²) in [6.45, 7) is 3.35. The zero-order chi connectivity index (χ0) is 14.6. The predicted molar refractivity (Wildman–Crippen MR) is 66.5 cm³/mol. The van der Waals surface area contributed by atoms with Crippen LogP contribution in [0.2, 0.25) is 0 Å². The van der Waals surface area contributed by atoms with Gasteiger partial charge in [-0.05, 0) is 24.5 Å². The summed E-state index contributed by atoms with van der Waals surface area (Å²) in [5.41, 5.74) is 4.56. The number of nitrogens with two attached hydrogens (primary N) is 1. The number of benzene rings is 1. The monoisotopic (exact) mass is 274 g/mol. The lowest BCUT2D eigenvalue weighted by Crippen LogP contribution is -2.38. The summed E-state index contributed by atoms with van der Waals surface area (Å²) in [6, 6.07) is 5.15. The van der Waals surface area contributed by atoms with Crippen LogP contribution in [0.15, 0.2) is 24.3 Å². The Morgan fingerprint density at radius 1 is 1.32 bits per heavy atom. The first-order valence-corrected chi connectivity index (χ1v) is 5.91. The van der Waals surface area contributed by atoms with Gasteiger partial charge in [-0.15, -0.1) is 0 Å². The first-order chi connectivity index (χ1) is 8.73. The highest BCUT2D eigenvalue weighted by Crippen LogP contribution is 2.35. The molecule has 0 saturated heterocycles. The van der Waals surface area contributed by atoms with Gasteiger partial charge in [-0.3, -0.25) is 4.79 Å². The second-order valence-electron chi connectivity index (χ2n) is 4.51. The number of hydrogen-bond donors (Lipinski definition) is 2. The normalized spacial score (nSPS) is 15.0. The molecule has 0 spiro atoms. The molecule has 19 heavy (non-hydrogen) atoms. The number of nitrogens with one attached hydrogen (secondary N) is 1. The van der Waals surface area contributed by atoms with Crippen LogP contribution in [0.25, 0.3) is 0 Å². The third-order valence-corrected chi connectivity index (χ3v) is 3.11. The van der Waals surface area contributed by atoms with Crippen molar-refractivity contribution in [2.45, 2.75) is 32.0 Å². The Bertz CT molecular complexity index is 446. The lowest BCUT2D eigenvalue weighted by molar-refractivity contribution is -0.138. The van der Waals surface area contributed by atoms with Crippen molar-refractivity contribution in [3.63, 3.8) is 0 Å². The Morgan fingerprint density at radius 2 is 1.89 bits per heavy atom. The molecular weight excluding hydrogens is 257 g/mol. The van der Waals surface area contributed by atoms with Gasteiger partial charge < -0.3 is 11.1 Å². The van der Waals surface area contributed by atoms with Crippen LogP contribution >= 0.6 is 0 Å². The first-order valence-electron chi connectivity index (χ1n) is 5.91. The Kier molecular flexibility index (Phi) is 4.94. The third-order valence-electron chi connectivity index (χ3n) is 3.11. The van der Waals surface area contributed by atoms with Gasteiger partial charge in [-0.2, -0.15) is 13.2 Å². The van der Waals surface area contributed by atoms with Crippen LogP contribution in [0.3, 0.4) is 0 Å². The smallest absolute Gasteiger partial charge is 0.369 e. The Labute approximate surface area is 110 Å². The van der Waals surface area contributed by atoms with Crippen LogP contribution in [0.5, 0.6) is 0 Å². The lowest BCUT2D eigenvalue weighted by atomic mass is 9.90. The van der Waals surface area contributed by atoms with Crippen molar-refractivity contribution in [2.24, 2.45) is 5.73 Å². The summed E-state index contributed by atoms with van der Waals surface area (Å²) in [5.74, 6) is -0.930. The molecule has 0 aliphatic rings. The van der Waals surface area contributed by atoms with E-state index in [1.54, 1.807) is 19.9 Å². The van der Waals surface area contributed by atoms with E-state index in [9.17, 15) is 18.0 Å². The summed E-state index contributed by atoms with van der Waals surface area (Å²) < 4.78 is 38.7. The fraction of sp³-hybridized carbons (Fsp3) is 0.462. The molecule has 3 nitrogen and oxygen atoms in total. The number of primary amides is 1. The molecular formula is C13H17F3N2O. The van der Waals surface area contributed by atoms with Crippen molar-refractivity contribution in [3.8, 4) is 0 Å². The van der Waals surface area contributed by atoms with Gasteiger partial charge in [0.05, 0.1) is 12.1 Å². The van der Waals surface area contributed by atoms with Crippen molar-refractivity contribution in [1.29, 1.82) is 0 Å². The van der Waals surface area contributed by atoms with E-state index < -0.39 is 23.6 Å². The largest absolute Gasteiger partial charge is 0.416 e. The van der Waals surface area contributed by atoms with Crippen LogP contribution in [-0.2, 0) is 11.0 Å². The Hall–Kier alpha value is -1.56. The van der Waals surface area contributed by atoms with E-state index in [4.69, 9.17) is 5.73 Å². The van der Waals surface area contributed by atoms with Crippen LogP contribution in [0.4, 0.5) is 13.2 Å². The minimum absolute atomic E-state index is 0.0559. The number of halogens is 3. The maximum absolute atomic E-state index is 12.9. The highest BCUT2D eigenvalue weighted by Gasteiger charge is 2.34. The maximum atomic E-state index is 12.9. The zero-order valence-corrected chi connectivity index (χ0v) is 10.8. The van der Waals surface area contributed by atoms with Gasteiger partial charge in [0.2, 0.25) is 5.91 Å². The van der Waals surface area contributed by atoms with Crippen molar-refractivity contribution in [2.75, 3.05) is 6.54 Å². The van der Waals surface area contributed by atoms with Crippen molar-refractivity contribution < 1.29 is 18.0 Å². The van der Waals surface area contributed by atoms with Crippen LogP contribution < -0.4 is 11.1 Å². The van der Waals surface area contributed by atoms with Crippen LogP contribution in [0.1, 0.15) is 30.9 Å². The minimum Gasteiger partial charge on any atom is -0.369 e. The standard InChI is InChI=1S/C13H17F3N2O/c1-8(9(2)18-7-12(17)19)10-5-3-4-6-11(10)13(14,15)16/h3-6,8-9,18H,7H2,1-2H3,(H2,17,19)/t8-,9-/m0/s1. The SMILES string of the molecule is C[C@H](NCC(N)=O)[C@H](C)c1ccccc1C(F)(F)F. The molecule has 1 amide bonds. The van der Waals surface area contributed by atoms with Gasteiger partial charge in [-0.25, -0.2) is 0 Å². The number of carbonyl (C=O) groups excluding carboxylic acids is 1. The molecule has 3 N–H and O–H groups in total. The zero-order valence-electron chi connectivity index (χ0n) is 10.8. The topological polar surface area (TPSA) is 55.1 Å². The van der Waals surface area contributed by atoms with Crippen molar-refractivity contribution in [3.05, 3.63) is 35.4 Å². The molecule has 0 aromatic heterocycles. The van der Waals surface area contributed by atoms with Gasteiger partial charge in [0.1, 0.15) is 0 Å². The van der Waals surface area contributed by atoms with Crippen molar-refractivity contribution in [1.82, 2.24) is 5.32 Å². The molecule has 0 fully saturated rings. The molecule has 0 aliphatic heterocycles. The third kappa shape index (κ3) is 4.24. The summed E-state index contributed by atoms with van der Waals surface area (Å²) in [5, 5.41) is 2.82. The number of amides is 1. The van der Waals surface area contributed by atoms with Crippen LogP contribution in [-0.4, -0.2) is 18.5 Å². The molecule has 1 aromatic carbocycles. The van der Waals surface area contributed by atoms with E-state index in [0.717, 1.165) is 6.07 Å². The molecule has 2 atom stereocenters. The molecule has 0 heterocycles.